The Morgan fingerprint density at radius 1 is 1.53 bits per heavy atom. The van der Waals surface area contributed by atoms with E-state index in [1.807, 2.05) is 0 Å². The zero-order valence-corrected chi connectivity index (χ0v) is 9.44. The quantitative estimate of drug-likeness (QED) is 0.648. The Labute approximate surface area is 90.5 Å². The minimum Gasteiger partial charge on any atom is -0.460 e. The van der Waals surface area contributed by atoms with Gasteiger partial charge in [0.25, 0.3) is 0 Å². The van der Waals surface area contributed by atoms with E-state index in [1.54, 1.807) is 0 Å². The van der Waals surface area contributed by atoms with Gasteiger partial charge in [-0.3, -0.25) is 0 Å². The lowest BCUT2D eigenvalue weighted by atomic mass is 10.1. The number of hydrogen-bond acceptors (Lipinski definition) is 5. The highest BCUT2D eigenvalue weighted by molar-refractivity contribution is 5.75. The number of esters is 1. The van der Waals surface area contributed by atoms with E-state index in [2.05, 4.69) is 11.9 Å². The topological polar surface area (TPSA) is 64.8 Å². The van der Waals surface area contributed by atoms with Crippen LogP contribution in [0.1, 0.15) is 12.8 Å². The van der Waals surface area contributed by atoms with Gasteiger partial charge in [-0.15, -0.1) is 0 Å². The first-order valence-corrected chi connectivity index (χ1v) is 5.29. The van der Waals surface area contributed by atoms with Crippen LogP contribution >= 0.6 is 0 Å². The average Bonchev–Trinajstić information content (AvgIpc) is 2.23. The van der Waals surface area contributed by atoms with Crippen molar-refractivity contribution in [2.24, 2.45) is 5.73 Å². The first-order valence-electron chi connectivity index (χ1n) is 5.29. The fourth-order valence-corrected chi connectivity index (χ4v) is 1.63. The lowest BCUT2D eigenvalue weighted by Crippen LogP contribution is -2.39. The molecule has 0 amide bonds. The van der Waals surface area contributed by atoms with E-state index in [0.717, 1.165) is 25.9 Å². The number of nitrogens with zero attached hydrogens (tertiary/aromatic N) is 1. The van der Waals surface area contributed by atoms with E-state index < -0.39 is 6.10 Å². The van der Waals surface area contributed by atoms with Crippen molar-refractivity contribution >= 4 is 5.97 Å². The summed E-state index contributed by atoms with van der Waals surface area (Å²) in [4.78, 5) is 13.7. The van der Waals surface area contributed by atoms with Gasteiger partial charge in [-0.1, -0.05) is 0 Å². The first kappa shape index (κ1) is 12.4. The Hall–Kier alpha value is -0.650. The van der Waals surface area contributed by atoms with Crippen molar-refractivity contribution < 1.29 is 14.3 Å². The molecule has 1 aliphatic heterocycles. The summed E-state index contributed by atoms with van der Waals surface area (Å²) in [5.41, 5.74) is 5.38. The molecule has 0 aliphatic carbocycles. The molecule has 1 aliphatic rings. The van der Waals surface area contributed by atoms with Crippen molar-refractivity contribution in [2.45, 2.75) is 25.0 Å². The van der Waals surface area contributed by atoms with E-state index in [-0.39, 0.29) is 18.6 Å². The molecule has 0 aromatic carbocycles. The summed E-state index contributed by atoms with van der Waals surface area (Å²) in [6.07, 6.45) is 1.19. The predicted molar refractivity (Wildman–Crippen MR) is 56.5 cm³/mol. The van der Waals surface area contributed by atoms with Gasteiger partial charge in [0.15, 0.2) is 6.10 Å². The molecule has 0 bridgehead atoms. The second-order valence-electron chi connectivity index (χ2n) is 3.90. The van der Waals surface area contributed by atoms with Gasteiger partial charge in [0.05, 0.1) is 0 Å². The van der Waals surface area contributed by atoms with Crippen LogP contribution in [0.5, 0.6) is 0 Å². The highest BCUT2D eigenvalue weighted by Crippen LogP contribution is 2.13. The van der Waals surface area contributed by atoms with E-state index in [1.165, 1.54) is 7.11 Å². The molecule has 0 aromatic rings. The Morgan fingerprint density at radius 2 is 2.13 bits per heavy atom. The number of methoxy groups -OCH3 is 1. The fourth-order valence-electron chi connectivity index (χ4n) is 1.63. The molecular formula is C10H20N2O3. The first-order chi connectivity index (χ1) is 7.17. The van der Waals surface area contributed by atoms with Crippen LogP contribution < -0.4 is 5.73 Å². The van der Waals surface area contributed by atoms with Gasteiger partial charge in [0.1, 0.15) is 6.10 Å². The number of hydrogen-bond donors (Lipinski definition) is 1. The molecular weight excluding hydrogens is 196 g/mol. The van der Waals surface area contributed by atoms with Gasteiger partial charge in [-0.2, -0.15) is 0 Å². The van der Waals surface area contributed by atoms with E-state index >= 15 is 0 Å². The zero-order chi connectivity index (χ0) is 11.3. The lowest BCUT2D eigenvalue weighted by molar-refractivity contribution is -0.162. The number of nitrogens with two attached hydrogens (primary N) is 1. The minimum atomic E-state index is -0.621. The van der Waals surface area contributed by atoms with Gasteiger partial charge < -0.3 is 20.1 Å². The molecule has 0 saturated carbocycles. The van der Waals surface area contributed by atoms with Crippen molar-refractivity contribution in [3.05, 3.63) is 0 Å². The number of carbonyl (C=O) groups is 1. The molecule has 0 aromatic heterocycles. The summed E-state index contributed by atoms with van der Waals surface area (Å²) >= 11 is 0. The molecule has 0 radical (unpaired) electrons. The van der Waals surface area contributed by atoms with Gasteiger partial charge in [-0.25, -0.2) is 4.79 Å². The summed E-state index contributed by atoms with van der Waals surface area (Å²) in [6.45, 7) is 2.11. The summed E-state index contributed by atoms with van der Waals surface area (Å²) < 4.78 is 10.2. The monoisotopic (exact) mass is 216 g/mol. The lowest BCUT2D eigenvalue weighted by Gasteiger charge is -2.29. The summed E-state index contributed by atoms with van der Waals surface area (Å²) in [5.74, 6) is -0.338. The molecule has 0 spiro atoms. The van der Waals surface area contributed by atoms with Crippen LogP contribution in [0.4, 0.5) is 0 Å². The smallest absolute Gasteiger partial charge is 0.336 e. The SMILES string of the molecule is COC(CN)C(=O)OC1CCN(C)CC1. The van der Waals surface area contributed by atoms with Crippen LogP contribution in [0.15, 0.2) is 0 Å². The average molecular weight is 216 g/mol. The standard InChI is InChI=1S/C10H20N2O3/c1-12-5-3-8(4-6-12)15-10(13)9(7-11)14-2/h8-9H,3-7,11H2,1-2H3. The van der Waals surface area contributed by atoms with Gasteiger partial charge in [0, 0.05) is 26.7 Å². The van der Waals surface area contributed by atoms with Crippen molar-refractivity contribution in [3.63, 3.8) is 0 Å². The van der Waals surface area contributed by atoms with Gasteiger partial charge >= 0.3 is 5.97 Å². The summed E-state index contributed by atoms with van der Waals surface area (Å²) in [7, 11) is 3.53. The highest BCUT2D eigenvalue weighted by atomic mass is 16.6. The van der Waals surface area contributed by atoms with E-state index in [9.17, 15) is 4.79 Å². The maximum Gasteiger partial charge on any atom is 0.336 e. The number of piperidine rings is 1. The molecule has 1 fully saturated rings. The van der Waals surface area contributed by atoms with Crippen LogP contribution in [0.25, 0.3) is 0 Å². The minimum absolute atomic E-state index is 0.0258. The van der Waals surface area contributed by atoms with Crippen LogP contribution in [-0.2, 0) is 14.3 Å². The summed E-state index contributed by atoms with van der Waals surface area (Å²) in [5, 5.41) is 0. The second kappa shape index (κ2) is 6.05. The second-order valence-corrected chi connectivity index (χ2v) is 3.90. The Bertz CT molecular complexity index is 199. The van der Waals surface area contributed by atoms with Crippen molar-refractivity contribution in [1.29, 1.82) is 0 Å². The molecule has 1 heterocycles. The normalized spacial score (nSPS) is 21.3. The molecule has 5 nitrogen and oxygen atoms in total. The summed E-state index contributed by atoms with van der Waals surface area (Å²) in [6, 6.07) is 0. The number of ether oxygens (including phenoxy) is 2. The largest absolute Gasteiger partial charge is 0.460 e. The van der Waals surface area contributed by atoms with E-state index in [0.29, 0.717) is 0 Å². The van der Waals surface area contributed by atoms with Crippen molar-refractivity contribution in [3.8, 4) is 0 Å². The maximum absolute atomic E-state index is 11.5. The molecule has 1 saturated heterocycles. The van der Waals surface area contributed by atoms with E-state index in [4.69, 9.17) is 15.2 Å². The van der Waals surface area contributed by atoms with Gasteiger partial charge in [0.2, 0.25) is 0 Å². The van der Waals surface area contributed by atoms with Crippen LogP contribution in [0.3, 0.4) is 0 Å². The van der Waals surface area contributed by atoms with Crippen molar-refractivity contribution in [2.75, 3.05) is 33.8 Å². The number of rotatable bonds is 4. The highest BCUT2D eigenvalue weighted by Gasteiger charge is 2.24. The maximum atomic E-state index is 11.5. The van der Waals surface area contributed by atoms with Crippen LogP contribution in [0, 0.1) is 0 Å². The Kier molecular flexibility index (Phi) is 5.01. The molecule has 15 heavy (non-hydrogen) atoms. The van der Waals surface area contributed by atoms with Crippen LogP contribution in [0.2, 0.25) is 0 Å². The Morgan fingerprint density at radius 3 is 2.60 bits per heavy atom. The molecule has 2 N–H and O–H groups in total. The molecule has 88 valence electrons. The molecule has 5 heteroatoms. The van der Waals surface area contributed by atoms with Crippen molar-refractivity contribution in [1.82, 2.24) is 4.90 Å². The Balaban J connectivity index is 2.31. The third-order valence-corrected chi connectivity index (χ3v) is 2.71. The predicted octanol–water partition coefficient (Wildman–Crippen LogP) is -0.402. The molecule has 1 rings (SSSR count). The third-order valence-electron chi connectivity index (χ3n) is 2.71. The van der Waals surface area contributed by atoms with Crippen LogP contribution in [-0.4, -0.2) is 56.9 Å². The number of carbonyl (C=O) groups excluding carboxylic acids is 1. The fraction of sp³-hybridized carbons (Fsp3) is 0.900. The number of likely N-dealkylation sites (tertiary alicyclic amines) is 1. The molecule has 1 atom stereocenters. The zero-order valence-electron chi connectivity index (χ0n) is 9.44. The van der Waals surface area contributed by atoms with Gasteiger partial charge in [-0.05, 0) is 19.9 Å². The molecule has 1 unspecified atom stereocenters. The third kappa shape index (κ3) is 3.77.